The van der Waals surface area contributed by atoms with Crippen LogP contribution in [0.3, 0.4) is 0 Å². The predicted octanol–water partition coefficient (Wildman–Crippen LogP) is 5.07. The van der Waals surface area contributed by atoms with Crippen molar-refractivity contribution in [2.45, 2.75) is 84.3 Å². The number of benzene rings is 1. The minimum absolute atomic E-state index is 0.174. The van der Waals surface area contributed by atoms with E-state index in [1.807, 2.05) is 18.2 Å². The lowest BCUT2D eigenvalue weighted by Crippen LogP contribution is -2.52. The predicted molar refractivity (Wildman–Crippen MR) is 113 cm³/mol. The number of alkyl carbamates (subject to hydrolysis) is 1. The topological polar surface area (TPSA) is 84.9 Å². The number of carbonyl (C=O) groups excluding carboxylic acids is 1. The maximum Gasteiger partial charge on any atom is 0.407 e. The molecule has 1 aromatic carbocycles. The summed E-state index contributed by atoms with van der Waals surface area (Å²) in [5.74, 6) is 0.555. The highest BCUT2D eigenvalue weighted by Gasteiger charge is 2.39. The molecule has 0 heterocycles. The fourth-order valence-corrected chi connectivity index (χ4v) is 3.29. The zero-order chi connectivity index (χ0) is 22.0. The summed E-state index contributed by atoms with van der Waals surface area (Å²) in [6.07, 6.45) is 1.70. The minimum Gasteiger partial charge on any atom is -0.478 e. The van der Waals surface area contributed by atoms with Gasteiger partial charge < -0.3 is 19.9 Å². The van der Waals surface area contributed by atoms with Gasteiger partial charge in [0.1, 0.15) is 11.4 Å². The first kappa shape index (κ1) is 23.0. The molecule has 6 heteroatoms. The van der Waals surface area contributed by atoms with E-state index >= 15 is 0 Å². The van der Waals surface area contributed by atoms with Crippen LogP contribution in [0, 0.1) is 5.92 Å². The smallest absolute Gasteiger partial charge is 0.407 e. The quantitative estimate of drug-likeness (QED) is 0.631. The van der Waals surface area contributed by atoms with Crippen LogP contribution >= 0.6 is 0 Å². The first-order valence-electron chi connectivity index (χ1n) is 10.4. The molecule has 1 aliphatic rings. The van der Waals surface area contributed by atoms with Crippen molar-refractivity contribution in [1.29, 1.82) is 0 Å². The van der Waals surface area contributed by atoms with Crippen LogP contribution < -0.4 is 10.1 Å². The van der Waals surface area contributed by atoms with Crippen LogP contribution in [0.2, 0.25) is 0 Å². The molecule has 1 fully saturated rings. The fourth-order valence-electron chi connectivity index (χ4n) is 3.29. The summed E-state index contributed by atoms with van der Waals surface area (Å²) in [5, 5.41) is 12.4. The second-order valence-corrected chi connectivity index (χ2v) is 9.54. The Balaban J connectivity index is 2.31. The van der Waals surface area contributed by atoms with Gasteiger partial charge in [0.25, 0.3) is 0 Å². The zero-order valence-electron chi connectivity index (χ0n) is 18.7. The average molecular weight is 406 g/mol. The molecule has 162 valence electrons. The summed E-state index contributed by atoms with van der Waals surface area (Å²) in [6, 6.07) is 6.01. The van der Waals surface area contributed by atoms with Crippen LogP contribution in [0.1, 0.15) is 84.3 Å². The van der Waals surface area contributed by atoms with Crippen molar-refractivity contribution in [2.24, 2.45) is 5.92 Å². The first-order valence-corrected chi connectivity index (χ1v) is 10.4. The molecule has 0 spiro atoms. The van der Waals surface area contributed by atoms with Crippen LogP contribution in [-0.4, -0.2) is 34.9 Å². The number of para-hydroxylation sites is 1. The maximum atomic E-state index is 12.1. The minimum atomic E-state index is -1.63. The van der Waals surface area contributed by atoms with E-state index in [-0.39, 0.29) is 12.5 Å². The number of hydrogen-bond acceptors (Lipinski definition) is 4. The lowest BCUT2D eigenvalue weighted by Gasteiger charge is -2.31. The molecular formula is C23H35NO5. The summed E-state index contributed by atoms with van der Waals surface area (Å²) in [4.78, 5) is 24.2. The van der Waals surface area contributed by atoms with Gasteiger partial charge in [-0.3, -0.25) is 0 Å². The summed E-state index contributed by atoms with van der Waals surface area (Å²) < 4.78 is 11.4. The van der Waals surface area contributed by atoms with Crippen LogP contribution in [0.4, 0.5) is 4.79 Å². The number of ether oxygens (including phenoxy) is 2. The zero-order valence-corrected chi connectivity index (χ0v) is 18.7. The Bertz CT molecular complexity index is 748. The van der Waals surface area contributed by atoms with E-state index in [1.54, 1.807) is 20.8 Å². The molecule has 1 amide bonds. The van der Waals surface area contributed by atoms with E-state index in [0.717, 1.165) is 11.1 Å². The Morgan fingerprint density at radius 3 is 2.21 bits per heavy atom. The van der Waals surface area contributed by atoms with E-state index < -0.39 is 23.3 Å². The van der Waals surface area contributed by atoms with Gasteiger partial charge in [0, 0.05) is 0 Å². The highest BCUT2D eigenvalue weighted by Crippen LogP contribution is 2.47. The summed E-state index contributed by atoms with van der Waals surface area (Å²) in [6.45, 7) is 12.8. The standard InChI is InChI=1S/C23H35NO5/c1-14(2)17-9-8-10-18(15(3)16-11-12-16)19(17)28-23(7,20(25)26)13-24-21(27)29-22(4,5)6/h8-10,14-16H,11-13H2,1-7H3,(H,24,27)(H,25,26)/t15-,23?/m1/s1. The lowest BCUT2D eigenvalue weighted by atomic mass is 9.90. The third-order valence-electron chi connectivity index (χ3n) is 5.27. The molecule has 29 heavy (non-hydrogen) atoms. The van der Waals surface area contributed by atoms with Crippen LogP contribution in [0.5, 0.6) is 5.75 Å². The molecule has 0 aromatic heterocycles. The third kappa shape index (κ3) is 6.12. The van der Waals surface area contributed by atoms with E-state index in [2.05, 4.69) is 26.1 Å². The van der Waals surface area contributed by atoms with Gasteiger partial charge in [-0.2, -0.15) is 0 Å². The maximum absolute atomic E-state index is 12.1. The SMILES string of the molecule is CC(C)c1cccc([C@H](C)C2CC2)c1OC(C)(CNC(=O)OC(C)(C)C)C(=O)O. The molecular weight excluding hydrogens is 370 g/mol. The van der Waals surface area contributed by atoms with Crippen LogP contribution in [0.25, 0.3) is 0 Å². The van der Waals surface area contributed by atoms with Crippen molar-refractivity contribution in [3.8, 4) is 5.75 Å². The monoisotopic (exact) mass is 405 g/mol. The fraction of sp³-hybridized carbons (Fsp3) is 0.652. The molecule has 2 N–H and O–H groups in total. The van der Waals surface area contributed by atoms with Gasteiger partial charge in [-0.05, 0) is 69.4 Å². The van der Waals surface area contributed by atoms with Crippen molar-refractivity contribution >= 4 is 12.1 Å². The first-order chi connectivity index (χ1) is 13.3. The van der Waals surface area contributed by atoms with Gasteiger partial charge >= 0.3 is 12.1 Å². The Morgan fingerprint density at radius 2 is 1.72 bits per heavy atom. The molecule has 1 aromatic rings. The van der Waals surface area contributed by atoms with Gasteiger partial charge in [-0.1, -0.05) is 39.0 Å². The Labute approximate surface area is 174 Å². The molecule has 1 aliphatic carbocycles. The molecule has 6 nitrogen and oxygen atoms in total. The van der Waals surface area contributed by atoms with E-state index in [4.69, 9.17) is 9.47 Å². The average Bonchev–Trinajstić information content (AvgIpc) is 3.43. The third-order valence-corrected chi connectivity index (χ3v) is 5.27. The number of carboxylic acid groups (broad SMARTS) is 1. The highest BCUT2D eigenvalue weighted by molar-refractivity contribution is 5.79. The normalized spacial score (nSPS) is 17.4. The number of nitrogens with one attached hydrogen (secondary N) is 1. The number of carbonyl (C=O) groups is 2. The molecule has 1 saturated carbocycles. The second kappa shape index (κ2) is 8.64. The number of amides is 1. The van der Waals surface area contributed by atoms with Gasteiger partial charge in [-0.25, -0.2) is 9.59 Å². The van der Waals surface area contributed by atoms with Gasteiger partial charge in [0.15, 0.2) is 0 Å². The largest absolute Gasteiger partial charge is 0.478 e. The summed E-state index contributed by atoms with van der Waals surface area (Å²) >= 11 is 0. The van der Waals surface area contributed by atoms with Crippen molar-refractivity contribution in [2.75, 3.05) is 6.54 Å². The molecule has 0 bridgehead atoms. The second-order valence-electron chi connectivity index (χ2n) is 9.54. The number of rotatable bonds is 8. The van der Waals surface area contributed by atoms with E-state index in [9.17, 15) is 14.7 Å². The molecule has 2 atom stereocenters. The molecule has 2 rings (SSSR count). The van der Waals surface area contributed by atoms with Gasteiger partial charge in [0.05, 0.1) is 6.54 Å². The number of hydrogen-bond donors (Lipinski definition) is 2. The number of aliphatic carboxylic acids is 1. The highest BCUT2D eigenvalue weighted by atomic mass is 16.6. The Hall–Kier alpha value is -2.24. The lowest BCUT2D eigenvalue weighted by molar-refractivity contribution is -0.153. The van der Waals surface area contributed by atoms with Crippen molar-refractivity contribution in [3.63, 3.8) is 0 Å². The van der Waals surface area contributed by atoms with Crippen LogP contribution in [-0.2, 0) is 9.53 Å². The van der Waals surface area contributed by atoms with Gasteiger partial charge in [-0.15, -0.1) is 0 Å². The molecule has 1 unspecified atom stereocenters. The van der Waals surface area contributed by atoms with E-state index in [0.29, 0.717) is 17.6 Å². The summed E-state index contributed by atoms with van der Waals surface area (Å²) in [7, 11) is 0. The number of carboxylic acids is 1. The Morgan fingerprint density at radius 1 is 1.14 bits per heavy atom. The van der Waals surface area contributed by atoms with Gasteiger partial charge in [0.2, 0.25) is 5.60 Å². The molecule has 0 saturated heterocycles. The van der Waals surface area contributed by atoms with Crippen molar-refractivity contribution in [3.05, 3.63) is 29.3 Å². The summed E-state index contributed by atoms with van der Waals surface area (Å²) in [5.41, 5.74) is -0.287. The Kier molecular flexibility index (Phi) is 6.86. The molecule has 0 radical (unpaired) electrons. The van der Waals surface area contributed by atoms with Crippen LogP contribution in [0.15, 0.2) is 18.2 Å². The van der Waals surface area contributed by atoms with Crippen molar-refractivity contribution < 1.29 is 24.2 Å². The van der Waals surface area contributed by atoms with Crippen molar-refractivity contribution in [1.82, 2.24) is 5.32 Å². The van der Waals surface area contributed by atoms with E-state index in [1.165, 1.54) is 19.8 Å². The molecule has 0 aliphatic heterocycles.